The lowest BCUT2D eigenvalue weighted by Gasteiger charge is -2.39. The monoisotopic (exact) mass is 571 g/mol. The van der Waals surface area contributed by atoms with Crippen molar-refractivity contribution >= 4 is 28.7 Å². The molecule has 210 valence electrons. The molecule has 1 N–H and O–H groups in total. The van der Waals surface area contributed by atoms with E-state index in [9.17, 15) is 27.5 Å². The second kappa shape index (κ2) is 11.8. The van der Waals surface area contributed by atoms with Gasteiger partial charge in [-0.25, -0.2) is 4.79 Å². The number of alkyl halides is 4. The molecule has 1 fully saturated rings. The average Bonchev–Trinajstić information content (AvgIpc) is 3.09. The maximum absolute atomic E-state index is 14.2. The molecule has 0 radical (unpaired) electrons. The summed E-state index contributed by atoms with van der Waals surface area (Å²) in [4.78, 5) is 13.9. The van der Waals surface area contributed by atoms with Gasteiger partial charge in [0.2, 0.25) is 0 Å². The Balaban J connectivity index is 1.57. The lowest BCUT2D eigenvalue weighted by Crippen LogP contribution is -2.47. The van der Waals surface area contributed by atoms with Crippen molar-refractivity contribution in [3.63, 3.8) is 0 Å². The van der Waals surface area contributed by atoms with E-state index in [-0.39, 0.29) is 22.8 Å². The highest BCUT2D eigenvalue weighted by atomic mass is 35.5. The zero-order valence-corrected chi connectivity index (χ0v) is 22.7. The molecule has 0 amide bonds. The minimum absolute atomic E-state index is 0.0157. The van der Waals surface area contributed by atoms with Gasteiger partial charge < -0.3 is 10.0 Å². The zero-order chi connectivity index (χ0) is 28.4. The predicted molar refractivity (Wildman–Crippen MR) is 149 cm³/mol. The topological polar surface area (TPSA) is 40.5 Å². The van der Waals surface area contributed by atoms with Crippen LogP contribution in [0.25, 0.3) is 11.1 Å². The standard InChI is InChI=1S/C32H30ClF4NO2/c33-25-10-12-27(29(17-25)32(35,36)37)28-4-1-3-23-16-24(31(39)40)9-11-26(23)30(28)22-7-5-20(6-8-22)15-21-18-38(19-21)14-2-13-34/h5-12,16-17,21H,1-4,13-15,18-19H2,(H,39,40). The smallest absolute Gasteiger partial charge is 0.417 e. The molecule has 40 heavy (non-hydrogen) atoms. The lowest BCUT2D eigenvalue weighted by molar-refractivity contribution is -0.137. The van der Waals surface area contributed by atoms with Crippen LogP contribution in [0.2, 0.25) is 5.02 Å². The second-order valence-corrected chi connectivity index (χ2v) is 11.1. The summed E-state index contributed by atoms with van der Waals surface area (Å²) in [7, 11) is 0. The molecule has 3 aromatic rings. The van der Waals surface area contributed by atoms with Crippen LogP contribution in [0.15, 0.2) is 60.7 Å². The summed E-state index contributed by atoms with van der Waals surface area (Å²) in [5.41, 5.74) is 4.19. The van der Waals surface area contributed by atoms with Crippen molar-refractivity contribution in [2.45, 2.75) is 38.3 Å². The van der Waals surface area contributed by atoms with Crippen LogP contribution in [0.1, 0.15) is 63.0 Å². The molecule has 8 heteroatoms. The highest BCUT2D eigenvalue weighted by Gasteiger charge is 2.35. The van der Waals surface area contributed by atoms with Gasteiger partial charge in [-0.15, -0.1) is 0 Å². The van der Waals surface area contributed by atoms with Crippen molar-refractivity contribution in [3.8, 4) is 0 Å². The van der Waals surface area contributed by atoms with Gasteiger partial charge in [0.05, 0.1) is 17.8 Å². The highest BCUT2D eigenvalue weighted by molar-refractivity contribution is 6.30. The van der Waals surface area contributed by atoms with Gasteiger partial charge in [-0.05, 0) is 101 Å². The maximum Gasteiger partial charge on any atom is 0.417 e. The number of carboxylic acids is 1. The second-order valence-electron chi connectivity index (χ2n) is 10.6. The van der Waals surface area contributed by atoms with Crippen molar-refractivity contribution in [3.05, 3.63) is 105 Å². The number of fused-ring (bicyclic) bond motifs is 1. The number of hydrogen-bond donors (Lipinski definition) is 1. The lowest BCUT2D eigenvalue weighted by atomic mass is 9.85. The first-order chi connectivity index (χ1) is 19.1. The minimum Gasteiger partial charge on any atom is -0.478 e. The SMILES string of the molecule is O=C(O)c1ccc2c(c1)CCCC(c1ccc(Cl)cc1C(F)(F)F)=C2c1ccc(CC2CN(CCCF)C2)cc1. The van der Waals surface area contributed by atoms with E-state index in [1.807, 2.05) is 24.3 Å². The molecule has 0 aromatic heterocycles. The number of halogens is 5. The maximum atomic E-state index is 14.2. The zero-order valence-electron chi connectivity index (χ0n) is 21.9. The fourth-order valence-corrected chi connectivity index (χ4v) is 6.12. The van der Waals surface area contributed by atoms with E-state index in [1.165, 1.54) is 18.2 Å². The van der Waals surface area contributed by atoms with Crippen molar-refractivity contribution in [1.29, 1.82) is 0 Å². The Morgan fingerprint density at radius 2 is 1.70 bits per heavy atom. The van der Waals surface area contributed by atoms with Crippen LogP contribution in [-0.4, -0.2) is 42.3 Å². The van der Waals surface area contributed by atoms with E-state index in [0.717, 1.165) is 54.4 Å². The molecule has 0 spiro atoms. The van der Waals surface area contributed by atoms with Gasteiger partial charge in [0.15, 0.2) is 0 Å². The number of nitrogens with zero attached hydrogens (tertiary/aromatic N) is 1. The van der Waals surface area contributed by atoms with Crippen molar-refractivity contribution in [2.75, 3.05) is 26.3 Å². The molecule has 3 aromatic carbocycles. The predicted octanol–water partition coefficient (Wildman–Crippen LogP) is 8.19. The number of carbonyl (C=O) groups is 1. The molecule has 0 unspecified atom stereocenters. The molecule has 0 atom stereocenters. The van der Waals surface area contributed by atoms with Gasteiger partial charge in [0.1, 0.15) is 0 Å². The third-order valence-corrected chi connectivity index (χ3v) is 8.05. The molecular formula is C32H30ClF4NO2. The van der Waals surface area contributed by atoms with Gasteiger partial charge in [-0.2, -0.15) is 13.2 Å². The number of carboxylic acid groups (broad SMARTS) is 1. The number of aryl methyl sites for hydroxylation is 1. The molecule has 1 aliphatic heterocycles. The summed E-state index contributed by atoms with van der Waals surface area (Å²) in [5, 5.41) is 9.55. The number of allylic oxidation sites excluding steroid dienone is 1. The first kappa shape index (κ1) is 28.4. The highest BCUT2D eigenvalue weighted by Crippen LogP contribution is 2.44. The molecule has 0 saturated carbocycles. The molecule has 0 bridgehead atoms. The van der Waals surface area contributed by atoms with Crippen LogP contribution in [0.3, 0.4) is 0 Å². The number of benzene rings is 3. The summed E-state index contributed by atoms with van der Waals surface area (Å²) >= 11 is 5.99. The Morgan fingerprint density at radius 1 is 0.975 bits per heavy atom. The van der Waals surface area contributed by atoms with E-state index >= 15 is 0 Å². The van der Waals surface area contributed by atoms with Crippen molar-refractivity contribution in [1.82, 2.24) is 4.90 Å². The Kier molecular flexibility index (Phi) is 8.34. The number of aromatic carboxylic acids is 1. The third-order valence-electron chi connectivity index (χ3n) is 7.82. The Morgan fingerprint density at radius 3 is 2.38 bits per heavy atom. The summed E-state index contributed by atoms with van der Waals surface area (Å²) in [6.45, 7) is 2.35. The molecule has 1 aliphatic carbocycles. The van der Waals surface area contributed by atoms with Gasteiger partial charge >= 0.3 is 12.1 Å². The largest absolute Gasteiger partial charge is 0.478 e. The molecule has 2 aliphatic rings. The molecule has 1 saturated heterocycles. The summed E-state index contributed by atoms with van der Waals surface area (Å²) in [5.74, 6) is -0.546. The van der Waals surface area contributed by atoms with Crippen LogP contribution in [-0.2, 0) is 19.0 Å². The van der Waals surface area contributed by atoms with Gasteiger partial charge in [0, 0.05) is 24.7 Å². The minimum atomic E-state index is -4.59. The molecule has 1 heterocycles. The van der Waals surface area contributed by atoms with Crippen molar-refractivity contribution < 1.29 is 27.5 Å². The fraction of sp³-hybridized carbons (Fsp3) is 0.344. The Labute approximate surface area is 236 Å². The van der Waals surface area contributed by atoms with Gasteiger partial charge in [0.25, 0.3) is 0 Å². The molecule has 3 nitrogen and oxygen atoms in total. The number of likely N-dealkylation sites (tertiary alicyclic amines) is 1. The van der Waals surface area contributed by atoms with Crippen LogP contribution in [0.4, 0.5) is 17.6 Å². The van der Waals surface area contributed by atoms with Crippen LogP contribution in [0.5, 0.6) is 0 Å². The van der Waals surface area contributed by atoms with Crippen molar-refractivity contribution in [2.24, 2.45) is 5.92 Å². The normalized spacial score (nSPS) is 16.4. The van der Waals surface area contributed by atoms with E-state index in [1.54, 1.807) is 12.1 Å². The van der Waals surface area contributed by atoms with Crippen LogP contribution >= 0.6 is 11.6 Å². The fourth-order valence-electron chi connectivity index (χ4n) is 5.95. The van der Waals surface area contributed by atoms with E-state index in [4.69, 9.17) is 11.6 Å². The summed E-state index contributed by atoms with van der Waals surface area (Å²) in [6, 6.07) is 16.7. The van der Waals surface area contributed by atoms with E-state index in [0.29, 0.717) is 42.7 Å². The summed E-state index contributed by atoms with van der Waals surface area (Å²) in [6.07, 6.45) is -1.63. The third kappa shape index (κ3) is 6.11. The van der Waals surface area contributed by atoms with Gasteiger partial charge in [-0.1, -0.05) is 48.0 Å². The molecule has 5 rings (SSSR count). The summed E-state index contributed by atoms with van der Waals surface area (Å²) < 4.78 is 55.0. The van der Waals surface area contributed by atoms with Crippen LogP contribution in [0, 0.1) is 5.92 Å². The first-order valence-electron chi connectivity index (χ1n) is 13.5. The first-order valence-corrected chi connectivity index (χ1v) is 13.9. The van der Waals surface area contributed by atoms with Crippen LogP contribution < -0.4 is 0 Å². The average molecular weight is 572 g/mol. The quantitative estimate of drug-likeness (QED) is 0.277. The van der Waals surface area contributed by atoms with Gasteiger partial charge in [-0.3, -0.25) is 4.39 Å². The Bertz CT molecular complexity index is 1430. The number of hydrogen-bond acceptors (Lipinski definition) is 2. The van der Waals surface area contributed by atoms with E-state index < -0.39 is 17.7 Å². The van der Waals surface area contributed by atoms with E-state index in [2.05, 4.69) is 4.90 Å². The molecular weight excluding hydrogens is 542 g/mol. The Hall–Kier alpha value is -3.16. The number of rotatable bonds is 8.